The minimum atomic E-state index is -0.635. The van der Waals surface area contributed by atoms with Crippen LogP contribution in [0.15, 0.2) is 84.9 Å². The second-order valence-electron chi connectivity index (χ2n) is 8.83. The van der Waals surface area contributed by atoms with Crippen molar-refractivity contribution in [3.8, 4) is 0 Å². The first-order chi connectivity index (χ1) is 17.0. The summed E-state index contributed by atoms with van der Waals surface area (Å²) >= 11 is 0. The van der Waals surface area contributed by atoms with Gasteiger partial charge in [0.1, 0.15) is 6.10 Å². The fourth-order valence-corrected chi connectivity index (χ4v) is 4.13. The molecule has 2 N–H and O–H groups in total. The Kier molecular flexibility index (Phi) is 10.1. The van der Waals surface area contributed by atoms with Gasteiger partial charge >= 0.3 is 5.97 Å². The summed E-state index contributed by atoms with van der Waals surface area (Å²) in [6.45, 7) is 6.81. The standard InChI is InChI=1S/C30H36N2O3/c1-4-23(5-2)28(21-31-20-27(33)24-18-16-22(3)17-19-24)35-30(34)29(25-12-8-6-9-13-25)32-26-14-10-7-11-15-26/h6-19,23,28-29,31-32H,4-5,20-21H2,1-3H3/t28-,29+/m0/s1. The Morgan fingerprint density at radius 3 is 2.03 bits per heavy atom. The number of carbonyl (C=O) groups excluding carboxylic acids is 2. The number of ether oxygens (including phenoxy) is 1. The predicted molar refractivity (Wildman–Crippen MR) is 142 cm³/mol. The summed E-state index contributed by atoms with van der Waals surface area (Å²) in [5, 5.41) is 6.56. The van der Waals surface area contributed by atoms with Crippen molar-refractivity contribution in [3.63, 3.8) is 0 Å². The third-order valence-corrected chi connectivity index (χ3v) is 6.30. The van der Waals surface area contributed by atoms with Crippen molar-refractivity contribution < 1.29 is 14.3 Å². The molecular weight excluding hydrogens is 436 g/mol. The van der Waals surface area contributed by atoms with Crippen LogP contribution in [-0.2, 0) is 9.53 Å². The Balaban J connectivity index is 1.70. The first kappa shape index (κ1) is 26.2. The number of hydrogen-bond acceptors (Lipinski definition) is 5. The van der Waals surface area contributed by atoms with Crippen LogP contribution >= 0.6 is 0 Å². The molecular formula is C30H36N2O3. The minimum absolute atomic E-state index is 0.0209. The van der Waals surface area contributed by atoms with E-state index in [1.807, 2.05) is 91.9 Å². The molecule has 0 heterocycles. The molecule has 0 aliphatic carbocycles. The van der Waals surface area contributed by atoms with E-state index in [2.05, 4.69) is 24.5 Å². The van der Waals surface area contributed by atoms with Gasteiger partial charge in [-0.15, -0.1) is 0 Å². The molecule has 3 rings (SSSR count). The smallest absolute Gasteiger partial charge is 0.333 e. The van der Waals surface area contributed by atoms with Crippen LogP contribution in [0.1, 0.15) is 54.2 Å². The van der Waals surface area contributed by atoms with E-state index >= 15 is 0 Å². The molecule has 5 nitrogen and oxygen atoms in total. The lowest BCUT2D eigenvalue weighted by Gasteiger charge is -2.28. The zero-order valence-electron chi connectivity index (χ0n) is 20.9. The van der Waals surface area contributed by atoms with E-state index in [9.17, 15) is 9.59 Å². The molecule has 0 aromatic heterocycles. The van der Waals surface area contributed by atoms with Crippen LogP contribution in [0.4, 0.5) is 5.69 Å². The minimum Gasteiger partial charge on any atom is -0.459 e. The van der Waals surface area contributed by atoms with E-state index < -0.39 is 6.04 Å². The van der Waals surface area contributed by atoms with Gasteiger partial charge in [-0.25, -0.2) is 4.79 Å². The molecule has 2 atom stereocenters. The van der Waals surface area contributed by atoms with Crippen LogP contribution in [0.25, 0.3) is 0 Å². The first-order valence-electron chi connectivity index (χ1n) is 12.4. The van der Waals surface area contributed by atoms with Crippen LogP contribution in [0.5, 0.6) is 0 Å². The maximum Gasteiger partial charge on any atom is 0.333 e. The second kappa shape index (κ2) is 13.4. The highest BCUT2D eigenvalue weighted by molar-refractivity contribution is 5.97. The average molecular weight is 473 g/mol. The van der Waals surface area contributed by atoms with Crippen LogP contribution in [0.3, 0.4) is 0 Å². The number of Topliss-reactive ketones (excluding diaryl/α,β-unsaturated/α-hetero) is 1. The van der Waals surface area contributed by atoms with Crippen LogP contribution < -0.4 is 10.6 Å². The number of para-hydroxylation sites is 1. The highest BCUT2D eigenvalue weighted by Gasteiger charge is 2.28. The lowest BCUT2D eigenvalue weighted by atomic mass is 9.96. The summed E-state index contributed by atoms with van der Waals surface area (Å²) in [6.07, 6.45) is 1.42. The Morgan fingerprint density at radius 1 is 0.829 bits per heavy atom. The maximum atomic E-state index is 13.5. The number of hydrogen-bond donors (Lipinski definition) is 2. The maximum absolute atomic E-state index is 13.5. The van der Waals surface area contributed by atoms with E-state index in [1.165, 1.54) is 0 Å². The molecule has 0 radical (unpaired) electrons. The summed E-state index contributed by atoms with van der Waals surface area (Å²) in [6, 6.07) is 26.2. The first-order valence-corrected chi connectivity index (χ1v) is 12.4. The molecule has 0 aliphatic heterocycles. The summed E-state index contributed by atoms with van der Waals surface area (Å²) in [5.74, 6) is -0.120. The van der Waals surface area contributed by atoms with E-state index in [-0.39, 0.29) is 30.3 Å². The zero-order valence-corrected chi connectivity index (χ0v) is 20.9. The molecule has 0 fully saturated rings. The molecule has 184 valence electrons. The van der Waals surface area contributed by atoms with Gasteiger partial charge in [0.15, 0.2) is 11.8 Å². The van der Waals surface area contributed by atoms with Crippen molar-refractivity contribution in [2.24, 2.45) is 5.92 Å². The van der Waals surface area contributed by atoms with Gasteiger partial charge in [0, 0.05) is 17.8 Å². The molecule has 0 saturated carbocycles. The van der Waals surface area contributed by atoms with E-state index in [1.54, 1.807) is 0 Å². The van der Waals surface area contributed by atoms with E-state index in [0.29, 0.717) is 12.1 Å². The SMILES string of the molecule is CCC(CC)[C@H](CNCC(=O)c1ccc(C)cc1)OC(=O)[C@H](Nc1ccccc1)c1ccccc1. The number of ketones is 1. The highest BCUT2D eigenvalue weighted by Crippen LogP contribution is 2.24. The molecule has 5 heteroatoms. The Morgan fingerprint density at radius 2 is 1.43 bits per heavy atom. The normalized spacial score (nSPS) is 12.7. The highest BCUT2D eigenvalue weighted by atomic mass is 16.5. The molecule has 35 heavy (non-hydrogen) atoms. The summed E-state index contributed by atoms with van der Waals surface area (Å²) < 4.78 is 6.11. The molecule has 3 aromatic carbocycles. The van der Waals surface area contributed by atoms with Gasteiger partial charge in [-0.1, -0.05) is 92.2 Å². The zero-order chi connectivity index (χ0) is 25.0. The number of anilines is 1. The fraction of sp³-hybridized carbons (Fsp3) is 0.333. The fourth-order valence-electron chi connectivity index (χ4n) is 4.13. The topological polar surface area (TPSA) is 67.4 Å². The van der Waals surface area contributed by atoms with Gasteiger partial charge in [0.05, 0.1) is 6.54 Å². The Hall–Kier alpha value is -3.44. The molecule has 0 saturated heterocycles. The molecule has 0 unspecified atom stereocenters. The average Bonchev–Trinajstić information content (AvgIpc) is 2.89. The lowest BCUT2D eigenvalue weighted by Crippen LogP contribution is -2.40. The second-order valence-corrected chi connectivity index (χ2v) is 8.83. The van der Waals surface area contributed by atoms with E-state index in [0.717, 1.165) is 29.7 Å². The number of aryl methyl sites for hydroxylation is 1. The molecule has 0 spiro atoms. The van der Waals surface area contributed by atoms with Crippen molar-refractivity contribution in [1.29, 1.82) is 0 Å². The van der Waals surface area contributed by atoms with E-state index in [4.69, 9.17) is 4.74 Å². The van der Waals surface area contributed by atoms with Gasteiger partial charge in [0.2, 0.25) is 0 Å². The summed E-state index contributed by atoms with van der Waals surface area (Å²) in [4.78, 5) is 26.1. The van der Waals surface area contributed by atoms with Gasteiger partial charge in [0.25, 0.3) is 0 Å². The molecule has 3 aromatic rings. The number of benzene rings is 3. The molecule has 0 bridgehead atoms. The van der Waals surface area contributed by atoms with Gasteiger partial charge < -0.3 is 15.4 Å². The predicted octanol–water partition coefficient (Wildman–Crippen LogP) is 5.97. The van der Waals surface area contributed by atoms with Crippen molar-refractivity contribution in [3.05, 3.63) is 102 Å². The monoisotopic (exact) mass is 472 g/mol. The Bertz CT molecular complexity index is 1050. The third-order valence-electron chi connectivity index (χ3n) is 6.30. The quantitative estimate of drug-likeness (QED) is 0.237. The molecule has 0 amide bonds. The van der Waals surface area contributed by atoms with Crippen molar-refractivity contribution in [1.82, 2.24) is 5.32 Å². The van der Waals surface area contributed by atoms with Crippen LogP contribution in [-0.4, -0.2) is 30.9 Å². The largest absolute Gasteiger partial charge is 0.459 e. The van der Waals surface area contributed by atoms with Crippen LogP contribution in [0.2, 0.25) is 0 Å². The third kappa shape index (κ3) is 7.79. The van der Waals surface area contributed by atoms with Crippen molar-refractivity contribution in [2.75, 3.05) is 18.4 Å². The van der Waals surface area contributed by atoms with Crippen LogP contribution in [0, 0.1) is 12.8 Å². The Labute approximate surface area is 208 Å². The lowest BCUT2D eigenvalue weighted by molar-refractivity contribution is -0.153. The van der Waals surface area contributed by atoms with Gasteiger partial charge in [-0.3, -0.25) is 4.79 Å². The van der Waals surface area contributed by atoms with Gasteiger partial charge in [-0.05, 0) is 43.4 Å². The number of rotatable bonds is 13. The summed E-state index contributed by atoms with van der Waals surface area (Å²) in [5.41, 5.74) is 3.48. The number of carbonyl (C=O) groups is 2. The van der Waals surface area contributed by atoms with Crippen molar-refractivity contribution >= 4 is 17.4 Å². The van der Waals surface area contributed by atoms with Gasteiger partial charge in [-0.2, -0.15) is 0 Å². The number of esters is 1. The molecule has 0 aliphatic rings. The number of nitrogens with one attached hydrogen (secondary N) is 2. The van der Waals surface area contributed by atoms with Crippen molar-refractivity contribution in [2.45, 2.75) is 45.8 Å². The summed E-state index contributed by atoms with van der Waals surface area (Å²) in [7, 11) is 0.